The second-order valence-corrected chi connectivity index (χ2v) is 8.06. The summed E-state index contributed by atoms with van der Waals surface area (Å²) in [4.78, 5) is 16.9. The van der Waals surface area contributed by atoms with Gasteiger partial charge in [0.1, 0.15) is 11.6 Å². The minimum Gasteiger partial charge on any atom is -0.346 e. The fourth-order valence-corrected chi connectivity index (χ4v) is 4.38. The van der Waals surface area contributed by atoms with Crippen molar-refractivity contribution >= 4 is 29.0 Å². The molecule has 0 fully saturated rings. The van der Waals surface area contributed by atoms with E-state index in [4.69, 9.17) is 0 Å². The van der Waals surface area contributed by atoms with Gasteiger partial charge in [0.25, 0.3) is 5.91 Å². The van der Waals surface area contributed by atoms with Gasteiger partial charge in [-0.15, -0.1) is 0 Å². The standard InChI is InChI=1S/C25H21N3OS/c26-17-20(18-28-16-8-10-19-9-4-6-14-23(19)28)25(29)27-22-13-5-7-15-24(22)30-21-11-2-1-3-12-21/h1-7,9,11-15,18H,8,10,16H2,(H,27,29)/b20-18-. The molecule has 0 aromatic heterocycles. The van der Waals surface area contributed by atoms with Crippen LogP contribution in [-0.2, 0) is 11.2 Å². The summed E-state index contributed by atoms with van der Waals surface area (Å²) in [6.07, 6.45) is 3.67. The molecule has 3 aromatic rings. The maximum atomic E-state index is 12.9. The molecule has 30 heavy (non-hydrogen) atoms. The number of carbonyl (C=O) groups excluding carboxylic acids is 1. The molecule has 3 aromatic carbocycles. The molecule has 0 saturated carbocycles. The van der Waals surface area contributed by atoms with Gasteiger partial charge in [0.05, 0.1) is 5.69 Å². The summed E-state index contributed by atoms with van der Waals surface area (Å²) < 4.78 is 0. The monoisotopic (exact) mass is 411 g/mol. The number of hydrogen-bond donors (Lipinski definition) is 1. The number of amides is 1. The maximum absolute atomic E-state index is 12.9. The summed E-state index contributed by atoms with van der Waals surface area (Å²) in [6.45, 7) is 0.788. The second kappa shape index (κ2) is 9.34. The number of benzene rings is 3. The van der Waals surface area contributed by atoms with Crippen LogP contribution >= 0.6 is 11.8 Å². The predicted molar refractivity (Wildman–Crippen MR) is 121 cm³/mol. The summed E-state index contributed by atoms with van der Waals surface area (Å²) in [5.74, 6) is -0.401. The SMILES string of the molecule is N#C/C(=C/N1CCCc2ccccc21)C(=O)Nc1ccccc1Sc1ccccc1. The van der Waals surface area contributed by atoms with Gasteiger partial charge in [0.15, 0.2) is 0 Å². The van der Waals surface area contributed by atoms with E-state index in [1.165, 1.54) is 5.56 Å². The van der Waals surface area contributed by atoms with Crippen molar-refractivity contribution < 1.29 is 4.79 Å². The number of nitriles is 1. The van der Waals surface area contributed by atoms with E-state index in [1.54, 1.807) is 18.0 Å². The lowest BCUT2D eigenvalue weighted by molar-refractivity contribution is -0.112. The van der Waals surface area contributed by atoms with Crippen molar-refractivity contribution in [1.29, 1.82) is 5.26 Å². The van der Waals surface area contributed by atoms with Crippen LogP contribution in [-0.4, -0.2) is 12.5 Å². The van der Waals surface area contributed by atoms with Crippen LogP contribution in [0.15, 0.2) is 100 Å². The lowest BCUT2D eigenvalue weighted by atomic mass is 10.0. The zero-order chi connectivity index (χ0) is 20.8. The number of aryl methyl sites for hydroxylation is 1. The minimum atomic E-state index is -0.401. The van der Waals surface area contributed by atoms with Crippen LogP contribution in [0.5, 0.6) is 0 Å². The van der Waals surface area contributed by atoms with Crippen molar-refractivity contribution in [1.82, 2.24) is 0 Å². The molecular formula is C25H21N3OS. The average Bonchev–Trinajstić information content (AvgIpc) is 2.79. The fourth-order valence-electron chi connectivity index (χ4n) is 3.45. The predicted octanol–water partition coefficient (Wildman–Crippen LogP) is 5.64. The largest absolute Gasteiger partial charge is 0.346 e. The molecule has 0 spiro atoms. The molecule has 1 aliphatic rings. The number of nitrogens with zero attached hydrogens (tertiary/aromatic N) is 2. The molecule has 0 unspecified atom stereocenters. The highest BCUT2D eigenvalue weighted by Crippen LogP contribution is 2.33. The molecule has 1 amide bonds. The Kier molecular flexibility index (Phi) is 6.17. The third kappa shape index (κ3) is 4.56. The quantitative estimate of drug-likeness (QED) is 0.436. The third-order valence-corrected chi connectivity index (χ3v) is 5.99. The number of para-hydroxylation sites is 2. The van der Waals surface area contributed by atoms with E-state index in [0.29, 0.717) is 5.69 Å². The lowest BCUT2D eigenvalue weighted by Gasteiger charge is -2.28. The summed E-state index contributed by atoms with van der Waals surface area (Å²) in [5, 5.41) is 12.6. The molecule has 148 valence electrons. The van der Waals surface area contributed by atoms with Gasteiger partial charge in [-0.05, 0) is 48.7 Å². The Morgan fingerprint density at radius 2 is 1.73 bits per heavy atom. The van der Waals surface area contributed by atoms with Crippen LogP contribution < -0.4 is 10.2 Å². The van der Waals surface area contributed by atoms with E-state index in [2.05, 4.69) is 17.5 Å². The molecule has 5 heteroatoms. The molecule has 0 saturated heterocycles. The Labute approximate surface area is 180 Å². The van der Waals surface area contributed by atoms with E-state index in [0.717, 1.165) is 34.9 Å². The van der Waals surface area contributed by atoms with E-state index in [-0.39, 0.29) is 5.57 Å². The Morgan fingerprint density at radius 1 is 1.00 bits per heavy atom. The van der Waals surface area contributed by atoms with Gasteiger partial charge in [-0.1, -0.05) is 60.3 Å². The summed E-state index contributed by atoms with van der Waals surface area (Å²) in [7, 11) is 0. The number of nitrogens with one attached hydrogen (secondary N) is 1. The number of carbonyl (C=O) groups is 1. The summed E-state index contributed by atoms with van der Waals surface area (Å²) in [5.41, 5.74) is 3.08. The molecule has 0 atom stereocenters. The van der Waals surface area contributed by atoms with Crippen molar-refractivity contribution in [3.05, 3.63) is 96.2 Å². The van der Waals surface area contributed by atoms with Crippen LogP contribution in [0.3, 0.4) is 0 Å². The lowest BCUT2D eigenvalue weighted by Crippen LogP contribution is -2.26. The molecule has 1 heterocycles. The molecule has 0 bridgehead atoms. The van der Waals surface area contributed by atoms with Gasteiger partial charge in [-0.2, -0.15) is 5.26 Å². The van der Waals surface area contributed by atoms with Crippen LogP contribution in [0, 0.1) is 11.3 Å². The molecule has 4 rings (SSSR count). The maximum Gasteiger partial charge on any atom is 0.267 e. The first-order valence-electron chi connectivity index (χ1n) is 9.84. The third-order valence-electron chi connectivity index (χ3n) is 4.90. The fraction of sp³-hybridized carbons (Fsp3) is 0.120. The Morgan fingerprint density at radius 3 is 2.57 bits per heavy atom. The highest BCUT2D eigenvalue weighted by atomic mass is 32.2. The second-order valence-electron chi connectivity index (χ2n) is 6.95. The first-order valence-corrected chi connectivity index (χ1v) is 10.7. The van der Waals surface area contributed by atoms with Crippen LogP contribution in [0.25, 0.3) is 0 Å². The van der Waals surface area contributed by atoms with E-state index >= 15 is 0 Å². The highest BCUT2D eigenvalue weighted by molar-refractivity contribution is 7.99. The summed E-state index contributed by atoms with van der Waals surface area (Å²) in [6, 6.07) is 27.8. The van der Waals surface area contributed by atoms with Gasteiger partial charge < -0.3 is 10.2 Å². The Hall–Kier alpha value is -3.49. The first-order chi connectivity index (χ1) is 14.7. The Bertz CT molecular complexity index is 1120. The van der Waals surface area contributed by atoms with Crippen molar-refractivity contribution in [2.45, 2.75) is 22.6 Å². The summed E-state index contributed by atoms with van der Waals surface area (Å²) >= 11 is 1.57. The molecular weight excluding hydrogens is 390 g/mol. The van der Waals surface area contributed by atoms with Gasteiger partial charge in [-0.25, -0.2) is 0 Å². The van der Waals surface area contributed by atoms with Gasteiger partial charge in [-0.3, -0.25) is 4.79 Å². The number of hydrogen-bond acceptors (Lipinski definition) is 4. The van der Waals surface area contributed by atoms with Gasteiger partial charge in [0, 0.05) is 28.2 Å². The van der Waals surface area contributed by atoms with E-state index < -0.39 is 5.91 Å². The normalized spacial score (nSPS) is 13.3. The van der Waals surface area contributed by atoms with E-state index in [1.807, 2.05) is 77.7 Å². The molecule has 1 N–H and O–H groups in total. The molecule has 0 radical (unpaired) electrons. The average molecular weight is 412 g/mol. The number of rotatable bonds is 5. The van der Waals surface area contributed by atoms with Crippen LogP contribution in [0.1, 0.15) is 12.0 Å². The van der Waals surface area contributed by atoms with Crippen LogP contribution in [0.4, 0.5) is 11.4 Å². The van der Waals surface area contributed by atoms with E-state index in [9.17, 15) is 10.1 Å². The van der Waals surface area contributed by atoms with Crippen molar-refractivity contribution in [2.24, 2.45) is 0 Å². The molecule has 0 aliphatic carbocycles. The first kappa shape index (κ1) is 19.8. The van der Waals surface area contributed by atoms with Crippen molar-refractivity contribution in [2.75, 3.05) is 16.8 Å². The highest BCUT2D eigenvalue weighted by Gasteiger charge is 2.18. The Balaban J connectivity index is 1.55. The molecule has 4 nitrogen and oxygen atoms in total. The van der Waals surface area contributed by atoms with Crippen molar-refractivity contribution in [3.8, 4) is 6.07 Å². The minimum absolute atomic E-state index is 0.0891. The topological polar surface area (TPSA) is 56.1 Å². The molecule has 1 aliphatic heterocycles. The van der Waals surface area contributed by atoms with Gasteiger partial charge >= 0.3 is 0 Å². The number of anilines is 2. The van der Waals surface area contributed by atoms with Crippen LogP contribution in [0.2, 0.25) is 0 Å². The van der Waals surface area contributed by atoms with Gasteiger partial charge in [0.2, 0.25) is 0 Å². The number of fused-ring (bicyclic) bond motifs is 1. The zero-order valence-corrected chi connectivity index (χ0v) is 17.2. The smallest absolute Gasteiger partial charge is 0.267 e. The zero-order valence-electron chi connectivity index (χ0n) is 16.4. The van der Waals surface area contributed by atoms with Crippen molar-refractivity contribution in [3.63, 3.8) is 0 Å².